The Balaban J connectivity index is 1.63. The van der Waals surface area contributed by atoms with Gasteiger partial charge < -0.3 is 0 Å². The maximum Gasteiger partial charge on any atom is 0.240 e. The zero-order valence-corrected chi connectivity index (χ0v) is 16.0. The van der Waals surface area contributed by atoms with E-state index in [4.69, 9.17) is 23.2 Å². The van der Waals surface area contributed by atoms with Crippen LogP contribution in [0.5, 0.6) is 0 Å². The van der Waals surface area contributed by atoms with E-state index in [2.05, 4.69) is 14.7 Å². The Morgan fingerprint density at radius 1 is 1.08 bits per heavy atom. The minimum atomic E-state index is -3.64. The standard InChI is InChI=1S/C16H13Cl2N3O2S2/c17-14-2-1-13(9-15(14)18)25(22,23)20-8-5-12-10-24-16(21-12)11-3-6-19-7-4-11/h1-4,6-7,9-10,20H,5,8H2. The first kappa shape index (κ1) is 18.3. The molecule has 0 radical (unpaired) electrons. The van der Waals surface area contributed by atoms with Gasteiger partial charge in [0.2, 0.25) is 10.0 Å². The number of sulfonamides is 1. The number of pyridine rings is 1. The molecular weight excluding hydrogens is 401 g/mol. The van der Waals surface area contributed by atoms with Crippen LogP contribution in [0.2, 0.25) is 10.0 Å². The summed E-state index contributed by atoms with van der Waals surface area (Å²) >= 11 is 13.2. The van der Waals surface area contributed by atoms with Crippen molar-refractivity contribution >= 4 is 44.6 Å². The molecule has 0 amide bonds. The van der Waals surface area contributed by atoms with Gasteiger partial charge in [-0.1, -0.05) is 23.2 Å². The van der Waals surface area contributed by atoms with Crippen LogP contribution in [0.25, 0.3) is 10.6 Å². The Morgan fingerprint density at radius 3 is 2.56 bits per heavy atom. The maximum absolute atomic E-state index is 12.3. The van der Waals surface area contributed by atoms with Crippen molar-refractivity contribution in [2.24, 2.45) is 0 Å². The van der Waals surface area contributed by atoms with Gasteiger partial charge in [-0.2, -0.15) is 0 Å². The van der Waals surface area contributed by atoms with Crippen LogP contribution in [0.3, 0.4) is 0 Å². The lowest BCUT2D eigenvalue weighted by molar-refractivity contribution is 0.581. The second-order valence-electron chi connectivity index (χ2n) is 5.10. The van der Waals surface area contributed by atoms with Crippen molar-refractivity contribution < 1.29 is 8.42 Å². The van der Waals surface area contributed by atoms with E-state index in [1.807, 2.05) is 17.5 Å². The van der Waals surface area contributed by atoms with Crippen molar-refractivity contribution in [2.45, 2.75) is 11.3 Å². The smallest absolute Gasteiger partial charge is 0.240 e. The van der Waals surface area contributed by atoms with Crippen molar-refractivity contribution in [3.05, 3.63) is 63.8 Å². The van der Waals surface area contributed by atoms with E-state index >= 15 is 0 Å². The summed E-state index contributed by atoms with van der Waals surface area (Å²) in [6.07, 6.45) is 3.91. The van der Waals surface area contributed by atoms with Gasteiger partial charge in [0.1, 0.15) is 5.01 Å². The Bertz CT molecular complexity index is 976. The third kappa shape index (κ3) is 4.56. The first-order valence-electron chi connectivity index (χ1n) is 7.25. The number of aromatic nitrogens is 2. The Morgan fingerprint density at radius 2 is 1.84 bits per heavy atom. The second kappa shape index (κ2) is 7.80. The van der Waals surface area contributed by atoms with Gasteiger partial charge in [0, 0.05) is 36.3 Å². The monoisotopic (exact) mass is 413 g/mol. The maximum atomic E-state index is 12.3. The topological polar surface area (TPSA) is 72.0 Å². The molecule has 25 heavy (non-hydrogen) atoms. The van der Waals surface area contributed by atoms with Crippen molar-refractivity contribution in [3.63, 3.8) is 0 Å². The second-order valence-corrected chi connectivity index (χ2v) is 8.54. The van der Waals surface area contributed by atoms with Gasteiger partial charge in [-0.05, 0) is 30.3 Å². The first-order chi connectivity index (χ1) is 12.0. The highest BCUT2D eigenvalue weighted by molar-refractivity contribution is 7.89. The van der Waals surface area contributed by atoms with Crippen LogP contribution in [0.15, 0.2) is 53.0 Å². The number of thiazole rings is 1. The highest BCUT2D eigenvalue weighted by atomic mass is 35.5. The Labute approximate surface area is 159 Å². The van der Waals surface area contributed by atoms with Crippen molar-refractivity contribution in [2.75, 3.05) is 6.54 Å². The third-order valence-electron chi connectivity index (χ3n) is 3.35. The molecule has 0 spiro atoms. The van der Waals surface area contributed by atoms with Crippen LogP contribution in [-0.2, 0) is 16.4 Å². The molecule has 5 nitrogen and oxygen atoms in total. The Hall–Kier alpha value is -1.51. The Kier molecular flexibility index (Phi) is 5.71. The predicted octanol–water partition coefficient (Wildman–Crippen LogP) is 4.03. The van der Waals surface area contributed by atoms with Gasteiger partial charge >= 0.3 is 0 Å². The van der Waals surface area contributed by atoms with Gasteiger partial charge in [-0.3, -0.25) is 4.98 Å². The molecule has 0 fully saturated rings. The summed E-state index contributed by atoms with van der Waals surface area (Å²) in [4.78, 5) is 8.57. The summed E-state index contributed by atoms with van der Waals surface area (Å²) in [5.41, 5.74) is 1.82. The van der Waals surface area contributed by atoms with E-state index in [9.17, 15) is 8.42 Å². The summed E-state index contributed by atoms with van der Waals surface area (Å²) in [5.74, 6) is 0. The lowest BCUT2D eigenvalue weighted by atomic mass is 10.3. The van der Waals surface area contributed by atoms with Crippen LogP contribution in [0.4, 0.5) is 0 Å². The van der Waals surface area contributed by atoms with Crippen molar-refractivity contribution in [1.29, 1.82) is 0 Å². The highest BCUT2D eigenvalue weighted by Crippen LogP contribution is 2.25. The molecule has 0 aliphatic heterocycles. The fraction of sp³-hybridized carbons (Fsp3) is 0.125. The molecule has 0 saturated heterocycles. The van der Waals surface area contributed by atoms with E-state index in [0.717, 1.165) is 16.3 Å². The van der Waals surface area contributed by atoms with Crippen LogP contribution >= 0.6 is 34.5 Å². The normalized spacial score (nSPS) is 11.6. The highest BCUT2D eigenvalue weighted by Gasteiger charge is 2.15. The number of nitrogens with one attached hydrogen (secondary N) is 1. The number of nitrogens with zero attached hydrogens (tertiary/aromatic N) is 2. The average molecular weight is 414 g/mol. The molecule has 0 unspecified atom stereocenters. The summed E-state index contributed by atoms with van der Waals surface area (Å²) in [5, 5.41) is 3.31. The predicted molar refractivity (Wildman–Crippen MR) is 101 cm³/mol. The minimum Gasteiger partial charge on any atom is -0.265 e. The molecule has 2 aromatic heterocycles. The molecule has 0 aliphatic rings. The number of hydrogen-bond donors (Lipinski definition) is 1. The lowest BCUT2D eigenvalue weighted by Gasteiger charge is -2.07. The van der Waals surface area contributed by atoms with Crippen LogP contribution < -0.4 is 4.72 Å². The van der Waals surface area contributed by atoms with Crippen LogP contribution in [0.1, 0.15) is 5.69 Å². The molecule has 0 atom stereocenters. The van der Waals surface area contributed by atoms with E-state index in [0.29, 0.717) is 11.4 Å². The molecular formula is C16H13Cl2N3O2S2. The molecule has 3 rings (SSSR count). The van der Waals surface area contributed by atoms with Crippen LogP contribution in [-0.4, -0.2) is 24.9 Å². The largest absolute Gasteiger partial charge is 0.265 e. The SMILES string of the molecule is O=S(=O)(NCCc1csc(-c2ccncc2)n1)c1ccc(Cl)c(Cl)c1. The zero-order valence-electron chi connectivity index (χ0n) is 12.8. The zero-order chi connectivity index (χ0) is 17.9. The molecule has 1 N–H and O–H groups in total. The summed E-state index contributed by atoms with van der Waals surface area (Å²) in [6, 6.07) is 7.97. The van der Waals surface area contributed by atoms with Crippen molar-refractivity contribution in [1.82, 2.24) is 14.7 Å². The number of halogens is 2. The summed E-state index contributed by atoms with van der Waals surface area (Å²) in [6.45, 7) is 0.238. The third-order valence-corrected chi connectivity index (χ3v) is 6.49. The van der Waals surface area contributed by atoms with E-state index in [-0.39, 0.29) is 16.5 Å². The quantitative estimate of drug-likeness (QED) is 0.661. The molecule has 0 bridgehead atoms. The molecule has 130 valence electrons. The van der Waals surface area contributed by atoms with E-state index in [1.54, 1.807) is 12.4 Å². The molecule has 3 aromatic rings. The number of hydrogen-bond acceptors (Lipinski definition) is 5. The van der Waals surface area contributed by atoms with Crippen LogP contribution in [0, 0.1) is 0 Å². The van der Waals surface area contributed by atoms with Crippen molar-refractivity contribution in [3.8, 4) is 10.6 Å². The van der Waals surface area contributed by atoms with Gasteiger partial charge in [-0.15, -0.1) is 11.3 Å². The van der Waals surface area contributed by atoms with Gasteiger partial charge in [0.05, 0.1) is 20.6 Å². The first-order valence-corrected chi connectivity index (χ1v) is 10.4. The molecule has 0 aliphatic carbocycles. The van der Waals surface area contributed by atoms with Gasteiger partial charge in [-0.25, -0.2) is 18.1 Å². The van der Waals surface area contributed by atoms with E-state index in [1.165, 1.54) is 29.5 Å². The molecule has 2 heterocycles. The molecule has 1 aromatic carbocycles. The fourth-order valence-electron chi connectivity index (χ4n) is 2.09. The average Bonchev–Trinajstić information content (AvgIpc) is 3.07. The molecule has 0 saturated carbocycles. The number of benzene rings is 1. The summed E-state index contributed by atoms with van der Waals surface area (Å²) < 4.78 is 27.1. The fourth-order valence-corrected chi connectivity index (χ4v) is 4.37. The minimum absolute atomic E-state index is 0.0812. The molecule has 9 heteroatoms. The lowest BCUT2D eigenvalue weighted by Crippen LogP contribution is -2.26. The number of rotatable bonds is 6. The van der Waals surface area contributed by atoms with E-state index < -0.39 is 10.0 Å². The summed E-state index contributed by atoms with van der Waals surface area (Å²) in [7, 11) is -3.64. The van der Waals surface area contributed by atoms with Gasteiger partial charge in [0.15, 0.2) is 0 Å². The van der Waals surface area contributed by atoms with Gasteiger partial charge in [0.25, 0.3) is 0 Å².